The van der Waals surface area contributed by atoms with E-state index in [2.05, 4.69) is 73.4 Å². The first-order valence-corrected chi connectivity index (χ1v) is 8.02. The number of hydrogen-bond donors (Lipinski definition) is 0. The molecule has 0 fully saturated rings. The van der Waals surface area contributed by atoms with Crippen LogP contribution in [0.15, 0.2) is 54.2 Å². The van der Waals surface area contributed by atoms with Crippen molar-refractivity contribution in [2.24, 2.45) is 0 Å². The van der Waals surface area contributed by atoms with E-state index < -0.39 is 0 Å². The highest BCUT2D eigenvalue weighted by molar-refractivity contribution is 5.67. The molecule has 1 aliphatic carbocycles. The van der Waals surface area contributed by atoms with Crippen molar-refractivity contribution in [3.05, 3.63) is 71.1 Å². The van der Waals surface area contributed by atoms with Crippen LogP contribution in [0.5, 0.6) is 0 Å². The summed E-state index contributed by atoms with van der Waals surface area (Å²) in [4.78, 5) is 6.84. The van der Waals surface area contributed by atoms with Gasteiger partial charge in [0.1, 0.15) is 0 Å². The lowest BCUT2D eigenvalue weighted by Crippen LogP contribution is -2.16. The monoisotopic (exact) mass is 292 g/mol. The zero-order valence-electron chi connectivity index (χ0n) is 13.7. The van der Waals surface area contributed by atoms with E-state index in [0.29, 0.717) is 11.8 Å². The molecule has 0 N–H and O–H groups in total. The molecule has 1 aromatic carbocycles. The molecule has 1 aromatic heterocycles. The van der Waals surface area contributed by atoms with E-state index in [1.165, 1.54) is 22.4 Å². The van der Waals surface area contributed by atoms with Gasteiger partial charge < -0.3 is 4.90 Å². The van der Waals surface area contributed by atoms with Crippen molar-refractivity contribution < 1.29 is 0 Å². The van der Waals surface area contributed by atoms with Crippen LogP contribution in [-0.2, 0) is 0 Å². The SMILES string of the molecule is CC(c1ccccn1)C1C(CCN(C)C)=Cc2ccccc21. The molecule has 2 atom stereocenters. The molecule has 0 saturated heterocycles. The summed E-state index contributed by atoms with van der Waals surface area (Å²) < 4.78 is 0. The van der Waals surface area contributed by atoms with E-state index in [4.69, 9.17) is 0 Å². The van der Waals surface area contributed by atoms with Crippen molar-refractivity contribution >= 4 is 6.08 Å². The number of hydrogen-bond acceptors (Lipinski definition) is 2. The minimum atomic E-state index is 0.401. The number of pyridine rings is 1. The van der Waals surface area contributed by atoms with Crippen molar-refractivity contribution in [3.8, 4) is 0 Å². The Morgan fingerprint density at radius 2 is 1.86 bits per heavy atom. The topological polar surface area (TPSA) is 16.1 Å². The molecule has 0 saturated carbocycles. The summed E-state index contributed by atoms with van der Waals surface area (Å²) in [6, 6.07) is 15.0. The second kappa shape index (κ2) is 6.45. The molecule has 114 valence electrons. The molecule has 0 aliphatic heterocycles. The van der Waals surface area contributed by atoms with Crippen LogP contribution in [0.2, 0.25) is 0 Å². The van der Waals surface area contributed by atoms with Gasteiger partial charge in [0, 0.05) is 30.3 Å². The minimum Gasteiger partial charge on any atom is -0.309 e. The number of fused-ring (bicyclic) bond motifs is 1. The molecule has 2 aromatic rings. The van der Waals surface area contributed by atoms with Gasteiger partial charge >= 0.3 is 0 Å². The van der Waals surface area contributed by atoms with Crippen LogP contribution in [0.3, 0.4) is 0 Å². The molecule has 22 heavy (non-hydrogen) atoms. The van der Waals surface area contributed by atoms with Gasteiger partial charge in [0.05, 0.1) is 0 Å². The van der Waals surface area contributed by atoms with E-state index >= 15 is 0 Å². The van der Waals surface area contributed by atoms with E-state index in [-0.39, 0.29) is 0 Å². The predicted octanol–water partition coefficient (Wildman–Crippen LogP) is 4.32. The zero-order valence-corrected chi connectivity index (χ0v) is 13.7. The van der Waals surface area contributed by atoms with Gasteiger partial charge in [0.15, 0.2) is 0 Å². The fraction of sp³-hybridized carbons (Fsp3) is 0.350. The maximum Gasteiger partial charge on any atom is 0.0441 e. The summed E-state index contributed by atoms with van der Waals surface area (Å²) in [7, 11) is 4.28. The zero-order chi connectivity index (χ0) is 15.5. The van der Waals surface area contributed by atoms with Crippen molar-refractivity contribution in [3.63, 3.8) is 0 Å². The average Bonchev–Trinajstić information content (AvgIpc) is 2.91. The molecule has 0 radical (unpaired) electrons. The number of rotatable bonds is 5. The molecule has 1 aliphatic rings. The van der Waals surface area contributed by atoms with E-state index in [1.807, 2.05) is 12.3 Å². The standard InChI is InChI=1S/C20H24N2/c1-15(19-10-6-7-12-21-19)20-17(11-13-22(2)3)14-16-8-4-5-9-18(16)20/h4-10,12,14-15,20H,11,13H2,1-3H3. The van der Waals surface area contributed by atoms with Crippen molar-refractivity contribution in [2.45, 2.75) is 25.2 Å². The van der Waals surface area contributed by atoms with Crippen molar-refractivity contribution in [1.29, 1.82) is 0 Å². The first-order chi connectivity index (χ1) is 10.7. The Kier molecular flexibility index (Phi) is 4.39. The van der Waals surface area contributed by atoms with Crippen LogP contribution in [-0.4, -0.2) is 30.5 Å². The van der Waals surface area contributed by atoms with Crippen molar-refractivity contribution in [2.75, 3.05) is 20.6 Å². The number of aromatic nitrogens is 1. The molecule has 1 heterocycles. The Bertz CT molecular complexity index is 658. The molecule has 2 nitrogen and oxygen atoms in total. The van der Waals surface area contributed by atoms with E-state index in [1.54, 1.807) is 0 Å². The summed E-state index contributed by atoms with van der Waals surface area (Å²) >= 11 is 0. The fourth-order valence-corrected chi connectivity index (χ4v) is 3.40. The average molecular weight is 292 g/mol. The molecule has 2 unspecified atom stereocenters. The van der Waals surface area contributed by atoms with Gasteiger partial charge in [-0.3, -0.25) is 4.98 Å². The van der Waals surface area contributed by atoms with Gasteiger partial charge in [-0.15, -0.1) is 0 Å². The molecule has 0 bridgehead atoms. The van der Waals surface area contributed by atoms with E-state index in [9.17, 15) is 0 Å². The number of benzene rings is 1. The maximum atomic E-state index is 4.59. The highest BCUT2D eigenvalue weighted by Crippen LogP contribution is 2.45. The first-order valence-electron chi connectivity index (χ1n) is 8.02. The lowest BCUT2D eigenvalue weighted by molar-refractivity contribution is 0.407. The molecule has 0 spiro atoms. The minimum absolute atomic E-state index is 0.401. The van der Waals surface area contributed by atoms with Gasteiger partial charge in [-0.05, 0) is 43.8 Å². The third kappa shape index (κ3) is 2.97. The Hall–Kier alpha value is -1.93. The molecular formula is C20H24N2. The van der Waals surface area contributed by atoms with Gasteiger partial charge in [-0.25, -0.2) is 0 Å². The summed E-state index contributed by atoms with van der Waals surface area (Å²) in [5, 5.41) is 0. The summed E-state index contributed by atoms with van der Waals surface area (Å²) in [5.74, 6) is 0.851. The van der Waals surface area contributed by atoms with Crippen LogP contribution in [0.25, 0.3) is 6.08 Å². The highest BCUT2D eigenvalue weighted by atomic mass is 15.0. The van der Waals surface area contributed by atoms with Crippen LogP contribution in [0, 0.1) is 0 Å². The second-order valence-corrected chi connectivity index (χ2v) is 6.42. The second-order valence-electron chi connectivity index (χ2n) is 6.42. The Morgan fingerprint density at radius 1 is 1.09 bits per heavy atom. The maximum absolute atomic E-state index is 4.59. The fourth-order valence-electron chi connectivity index (χ4n) is 3.40. The Labute approximate surface area is 133 Å². The first kappa shape index (κ1) is 15.0. The normalized spacial score (nSPS) is 18.2. The Morgan fingerprint density at radius 3 is 2.59 bits per heavy atom. The highest BCUT2D eigenvalue weighted by Gasteiger charge is 2.30. The third-order valence-electron chi connectivity index (χ3n) is 4.57. The number of nitrogens with zero attached hydrogens (tertiary/aromatic N) is 2. The molecule has 0 amide bonds. The van der Waals surface area contributed by atoms with E-state index in [0.717, 1.165) is 13.0 Å². The van der Waals surface area contributed by atoms with Crippen LogP contribution < -0.4 is 0 Å². The summed E-state index contributed by atoms with van der Waals surface area (Å²) in [6.45, 7) is 3.39. The van der Waals surface area contributed by atoms with Gasteiger partial charge in [-0.2, -0.15) is 0 Å². The lowest BCUT2D eigenvalue weighted by Gasteiger charge is -2.24. The summed E-state index contributed by atoms with van der Waals surface area (Å²) in [6.07, 6.45) is 5.41. The van der Waals surface area contributed by atoms with Crippen LogP contribution in [0.1, 0.15) is 42.0 Å². The van der Waals surface area contributed by atoms with Crippen molar-refractivity contribution in [1.82, 2.24) is 9.88 Å². The largest absolute Gasteiger partial charge is 0.309 e. The molecular weight excluding hydrogens is 268 g/mol. The molecule has 3 rings (SSSR count). The quantitative estimate of drug-likeness (QED) is 0.816. The lowest BCUT2D eigenvalue weighted by atomic mass is 9.81. The predicted molar refractivity (Wildman–Crippen MR) is 93.0 cm³/mol. The summed E-state index contributed by atoms with van der Waals surface area (Å²) in [5.41, 5.74) is 5.55. The smallest absolute Gasteiger partial charge is 0.0441 e. The van der Waals surface area contributed by atoms with Crippen LogP contribution in [0.4, 0.5) is 0 Å². The Balaban J connectivity index is 1.93. The van der Waals surface area contributed by atoms with Crippen LogP contribution >= 0.6 is 0 Å². The van der Waals surface area contributed by atoms with Gasteiger partial charge in [0.25, 0.3) is 0 Å². The molecule has 2 heteroatoms. The third-order valence-corrected chi connectivity index (χ3v) is 4.57. The van der Waals surface area contributed by atoms with Gasteiger partial charge in [-0.1, -0.05) is 48.9 Å². The van der Waals surface area contributed by atoms with Gasteiger partial charge in [0.2, 0.25) is 0 Å².